The van der Waals surface area contributed by atoms with Crippen molar-refractivity contribution in [3.8, 4) is 5.75 Å². The minimum absolute atomic E-state index is 0.714. The lowest BCUT2D eigenvalue weighted by molar-refractivity contribution is 0.354. The molecular weight excluding hydrogens is 138 g/mol. The fourth-order valence-electron chi connectivity index (χ4n) is 1.24. The number of nitrogens with zero attached hydrogens (tertiary/aromatic N) is 1. The van der Waals surface area contributed by atoms with Crippen molar-refractivity contribution in [2.45, 2.75) is 6.42 Å². The van der Waals surface area contributed by atoms with Crippen LogP contribution in [0.1, 0.15) is 5.56 Å². The van der Waals surface area contributed by atoms with Gasteiger partial charge in [0, 0.05) is 23.4 Å². The summed E-state index contributed by atoms with van der Waals surface area (Å²) in [5.41, 5.74) is 1.16. The Labute approximate surface area is 64.8 Å². The van der Waals surface area contributed by atoms with Crippen LogP contribution >= 0.6 is 0 Å². The molecule has 56 valence electrons. The molecule has 2 heterocycles. The maximum Gasteiger partial charge on any atom is 0.132 e. The van der Waals surface area contributed by atoms with Gasteiger partial charge in [-0.15, -0.1) is 0 Å². The number of rotatable bonds is 0. The quantitative estimate of drug-likeness (QED) is 0.508. The Balaban J connectivity index is 2.82. The van der Waals surface area contributed by atoms with E-state index < -0.39 is 0 Å². The van der Waals surface area contributed by atoms with Gasteiger partial charge in [-0.25, -0.2) is 0 Å². The molecule has 1 aliphatic rings. The van der Waals surface area contributed by atoms with Gasteiger partial charge in [-0.1, -0.05) is 13.2 Å². The number of hydrogen-bond acceptors (Lipinski definition) is 2. The van der Waals surface area contributed by atoms with E-state index in [0.717, 1.165) is 29.6 Å². The Morgan fingerprint density at radius 1 is 1.45 bits per heavy atom. The van der Waals surface area contributed by atoms with Crippen LogP contribution in [-0.4, -0.2) is 11.6 Å². The van der Waals surface area contributed by atoms with Crippen LogP contribution < -0.4 is 15.3 Å². The van der Waals surface area contributed by atoms with E-state index in [1.165, 1.54) is 0 Å². The summed E-state index contributed by atoms with van der Waals surface area (Å²) < 4.78 is 5.37. The lowest BCUT2D eigenvalue weighted by Gasteiger charge is -1.97. The average Bonchev–Trinajstić information content (AvgIpc) is 2.45. The minimum Gasteiger partial charge on any atom is -0.492 e. The van der Waals surface area contributed by atoms with Gasteiger partial charge in [0.2, 0.25) is 0 Å². The zero-order valence-electron chi connectivity index (χ0n) is 6.26. The summed E-state index contributed by atoms with van der Waals surface area (Å²) in [7, 11) is 0. The first kappa shape index (κ1) is 6.40. The van der Waals surface area contributed by atoms with E-state index in [2.05, 4.69) is 18.1 Å². The standard InChI is InChI=1S/C9H9NO/c1-6-7(2)10-5-8-3-4-11-9(6)8/h5H,1-4H2. The van der Waals surface area contributed by atoms with Gasteiger partial charge in [-0.3, -0.25) is 4.98 Å². The van der Waals surface area contributed by atoms with Gasteiger partial charge in [-0.05, 0) is 0 Å². The second-order valence-corrected chi connectivity index (χ2v) is 2.64. The molecule has 0 aliphatic carbocycles. The third-order valence-electron chi connectivity index (χ3n) is 1.91. The smallest absolute Gasteiger partial charge is 0.132 e. The fraction of sp³-hybridized carbons (Fsp3) is 0.222. The van der Waals surface area contributed by atoms with E-state index in [1.54, 1.807) is 0 Å². The molecule has 0 saturated heterocycles. The van der Waals surface area contributed by atoms with Crippen molar-refractivity contribution in [3.05, 3.63) is 22.3 Å². The molecule has 1 aromatic rings. The third-order valence-corrected chi connectivity index (χ3v) is 1.91. The number of ether oxygens (including phenoxy) is 1. The largest absolute Gasteiger partial charge is 0.492 e. The summed E-state index contributed by atoms with van der Waals surface area (Å²) in [6, 6.07) is 0. The van der Waals surface area contributed by atoms with Gasteiger partial charge in [0.25, 0.3) is 0 Å². The summed E-state index contributed by atoms with van der Waals surface area (Å²) in [5.74, 6) is 0.894. The van der Waals surface area contributed by atoms with Crippen LogP contribution in [0.3, 0.4) is 0 Å². The van der Waals surface area contributed by atoms with Crippen molar-refractivity contribution in [2.24, 2.45) is 0 Å². The molecule has 0 N–H and O–H groups in total. The number of fused-ring (bicyclic) bond motifs is 1. The molecule has 1 aromatic heterocycles. The second kappa shape index (κ2) is 2.09. The highest BCUT2D eigenvalue weighted by molar-refractivity contribution is 5.37. The molecule has 0 atom stereocenters. The van der Waals surface area contributed by atoms with Crippen molar-refractivity contribution in [2.75, 3.05) is 6.61 Å². The highest BCUT2D eigenvalue weighted by Gasteiger charge is 2.12. The lowest BCUT2D eigenvalue weighted by Crippen LogP contribution is -2.26. The Bertz CT molecular complexity index is 383. The van der Waals surface area contributed by atoms with Gasteiger partial charge >= 0.3 is 0 Å². The molecule has 0 bridgehead atoms. The van der Waals surface area contributed by atoms with Crippen LogP contribution in [-0.2, 0) is 6.42 Å². The topological polar surface area (TPSA) is 22.1 Å². The Kier molecular flexibility index (Phi) is 1.22. The van der Waals surface area contributed by atoms with Crippen molar-refractivity contribution >= 4 is 13.2 Å². The van der Waals surface area contributed by atoms with E-state index in [1.807, 2.05) is 6.20 Å². The lowest BCUT2D eigenvalue weighted by atomic mass is 10.2. The highest BCUT2D eigenvalue weighted by atomic mass is 16.5. The van der Waals surface area contributed by atoms with E-state index >= 15 is 0 Å². The normalized spacial score (nSPS) is 14.2. The van der Waals surface area contributed by atoms with E-state index in [-0.39, 0.29) is 0 Å². The van der Waals surface area contributed by atoms with Crippen LogP contribution in [0.15, 0.2) is 6.20 Å². The molecule has 1 aliphatic heterocycles. The van der Waals surface area contributed by atoms with E-state index in [4.69, 9.17) is 4.74 Å². The molecule has 0 fully saturated rings. The van der Waals surface area contributed by atoms with Gasteiger partial charge in [0.1, 0.15) is 5.75 Å². The third kappa shape index (κ3) is 0.827. The SMILES string of the molecule is C=c1ncc2c(c1=C)OCC2. The van der Waals surface area contributed by atoms with Crippen molar-refractivity contribution in [1.82, 2.24) is 4.98 Å². The van der Waals surface area contributed by atoms with Crippen LogP contribution in [0, 0.1) is 0 Å². The Morgan fingerprint density at radius 3 is 3.09 bits per heavy atom. The van der Waals surface area contributed by atoms with E-state index in [0.29, 0.717) is 5.35 Å². The molecular formula is C9H9NO. The van der Waals surface area contributed by atoms with Crippen molar-refractivity contribution in [3.63, 3.8) is 0 Å². The minimum atomic E-state index is 0.714. The molecule has 0 radical (unpaired) electrons. The van der Waals surface area contributed by atoms with Crippen molar-refractivity contribution < 1.29 is 4.74 Å². The molecule has 2 nitrogen and oxygen atoms in total. The van der Waals surface area contributed by atoms with Gasteiger partial charge in [0.05, 0.1) is 12.0 Å². The monoisotopic (exact) mass is 147 g/mol. The summed E-state index contributed by atoms with van der Waals surface area (Å²) in [5, 5.41) is 1.55. The van der Waals surface area contributed by atoms with Gasteiger partial charge in [-0.2, -0.15) is 0 Å². The molecule has 2 rings (SSSR count). The average molecular weight is 147 g/mol. The van der Waals surface area contributed by atoms with Crippen LogP contribution in [0.4, 0.5) is 0 Å². The molecule has 11 heavy (non-hydrogen) atoms. The van der Waals surface area contributed by atoms with Crippen LogP contribution in [0.25, 0.3) is 13.2 Å². The highest BCUT2D eigenvalue weighted by Crippen LogP contribution is 2.16. The summed E-state index contributed by atoms with van der Waals surface area (Å²) in [6.07, 6.45) is 2.77. The first-order valence-electron chi connectivity index (χ1n) is 3.57. The molecule has 0 saturated carbocycles. The second-order valence-electron chi connectivity index (χ2n) is 2.64. The Hall–Kier alpha value is -1.31. The predicted octanol–water partition coefficient (Wildman–Crippen LogP) is -0.163. The maximum atomic E-state index is 5.37. The number of pyridine rings is 1. The fourth-order valence-corrected chi connectivity index (χ4v) is 1.24. The summed E-state index contributed by atoms with van der Waals surface area (Å²) in [4.78, 5) is 4.10. The van der Waals surface area contributed by atoms with Gasteiger partial charge in [0.15, 0.2) is 0 Å². The van der Waals surface area contributed by atoms with Crippen molar-refractivity contribution in [1.29, 1.82) is 0 Å². The Morgan fingerprint density at radius 2 is 2.27 bits per heavy atom. The van der Waals surface area contributed by atoms with Crippen LogP contribution in [0.5, 0.6) is 5.75 Å². The summed E-state index contributed by atoms with van der Waals surface area (Å²) >= 11 is 0. The molecule has 0 aromatic carbocycles. The molecule has 0 amide bonds. The zero-order chi connectivity index (χ0) is 7.84. The van der Waals surface area contributed by atoms with Gasteiger partial charge < -0.3 is 4.74 Å². The molecule has 2 heteroatoms. The first-order chi connectivity index (χ1) is 5.29. The maximum absolute atomic E-state index is 5.37. The molecule has 0 unspecified atom stereocenters. The van der Waals surface area contributed by atoms with Crippen LogP contribution in [0.2, 0.25) is 0 Å². The molecule has 0 spiro atoms. The number of aromatic nitrogens is 1. The number of hydrogen-bond donors (Lipinski definition) is 0. The van der Waals surface area contributed by atoms with E-state index in [9.17, 15) is 0 Å². The summed E-state index contributed by atoms with van der Waals surface area (Å²) in [6.45, 7) is 8.34. The first-order valence-corrected chi connectivity index (χ1v) is 3.57. The predicted molar refractivity (Wildman–Crippen MR) is 43.7 cm³/mol. The zero-order valence-corrected chi connectivity index (χ0v) is 6.26.